The zero-order valence-corrected chi connectivity index (χ0v) is 59.5. The van der Waals surface area contributed by atoms with Crippen LogP contribution < -0.4 is 5.11 Å². The lowest BCUT2D eigenvalue weighted by atomic mass is 10.0. The number of carboxylic acid groups (broad SMARTS) is 1. The first-order chi connectivity index (χ1) is 42.6. The molecule has 2 atom stereocenters. The van der Waals surface area contributed by atoms with Crippen molar-refractivity contribution in [1.29, 1.82) is 0 Å². The second-order valence-corrected chi connectivity index (χ2v) is 28.4. The van der Waals surface area contributed by atoms with E-state index in [4.69, 9.17) is 18.9 Å². The highest BCUT2D eigenvalue weighted by Gasteiger charge is 2.22. The molecule has 0 radical (unpaired) electrons. The maximum Gasteiger partial charge on any atom is 0.306 e. The van der Waals surface area contributed by atoms with Crippen LogP contribution in [0.2, 0.25) is 0 Å². The van der Waals surface area contributed by atoms with Gasteiger partial charge in [-0.2, -0.15) is 0 Å². The van der Waals surface area contributed by atoms with E-state index >= 15 is 0 Å². The Balaban J connectivity index is 3.97. The lowest BCUT2D eigenvalue weighted by molar-refractivity contribution is -0.870. The first kappa shape index (κ1) is 85.3. The number of unbranched alkanes of at least 4 members (excludes halogenated alkanes) is 60. The van der Waals surface area contributed by atoms with Gasteiger partial charge in [0.15, 0.2) is 12.4 Å². The molecule has 0 heterocycles. The molecule has 0 aromatic rings. The van der Waals surface area contributed by atoms with Crippen LogP contribution in [0.25, 0.3) is 0 Å². The van der Waals surface area contributed by atoms with E-state index in [0.29, 0.717) is 17.4 Å². The van der Waals surface area contributed by atoms with Gasteiger partial charge in [-0.3, -0.25) is 9.59 Å². The number of carbonyl (C=O) groups is 3. The quantitative estimate of drug-likeness (QED) is 0.0256. The highest BCUT2D eigenvalue weighted by atomic mass is 16.7. The van der Waals surface area contributed by atoms with Crippen molar-refractivity contribution in [2.24, 2.45) is 0 Å². The van der Waals surface area contributed by atoms with Crippen LogP contribution >= 0.6 is 0 Å². The van der Waals surface area contributed by atoms with Crippen molar-refractivity contribution in [2.75, 3.05) is 47.5 Å². The maximum absolute atomic E-state index is 13.0. The molecular formula is C78H153NO8. The molecule has 0 spiro atoms. The Morgan fingerprint density at radius 1 is 0.299 bits per heavy atom. The summed E-state index contributed by atoms with van der Waals surface area (Å²) in [5.74, 6) is -2.24. The van der Waals surface area contributed by atoms with Gasteiger partial charge in [0.25, 0.3) is 0 Å². The summed E-state index contributed by atoms with van der Waals surface area (Å²) >= 11 is 0. The number of ether oxygens (including phenoxy) is 4. The lowest BCUT2D eigenvalue weighted by Gasteiger charge is -2.26. The highest BCUT2D eigenvalue weighted by molar-refractivity contribution is 5.70. The molecule has 0 saturated heterocycles. The lowest BCUT2D eigenvalue weighted by Crippen LogP contribution is -2.44. The zero-order valence-electron chi connectivity index (χ0n) is 59.5. The molecule has 0 aliphatic rings. The second kappa shape index (κ2) is 70.2. The number of hydrogen-bond donors (Lipinski definition) is 0. The van der Waals surface area contributed by atoms with Crippen molar-refractivity contribution < 1.29 is 42.9 Å². The van der Waals surface area contributed by atoms with Gasteiger partial charge < -0.3 is 33.3 Å². The molecule has 0 aromatic heterocycles. The smallest absolute Gasteiger partial charge is 0.306 e. The largest absolute Gasteiger partial charge is 0.545 e. The van der Waals surface area contributed by atoms with E-state index in [2.05, 4.69) is 13.8 Å². The molecular weight excluding hydrogens is 1080 g/mol. The Hall–Kier alpha value is -1.71. The Labute approximate surface area is 543 Å². The van der Waals surface area contributed by atoms with Crippen LogP contribution in [-0.4, -0.2) is 82.3 Å². The van der Waals surface area contributed by atoms with Crippen LogP contribution in [0.5, 0.6) is 0 Å². The van der Waals surface area contributed by atoms with Gasteiger partial charge in [0.05, 0.1) is 40.3 Å². The highest BCUT2D eigenvalue weighted by Crippen LogP contribution is 2.20. The minimum absolute atomic E-state index is 0.154. The van der Waals surface area contributed by atoms with Crippen LogP contribution in [0.3, 0.4) is 0 Å². The predicted octanol–water partition coefficient (Wildman–Crippen LogP) is 23.3. The molecule has 0 fully saturated rings. The summed E-state index contributed by atoms with van der Waals surface area (Å²) in [6.07, 6.45) is 82.3. The summed E-state index contributed by atoms with van der Waals surface area (Å²) in [5, 5.41) is 11.8. The van der Waals surface area contributed by atoms with Gasteiger partial charge in [-0.15, -0.1) is 0 Å². The van der Waals surface area contributed by atoms with Gasteiger partial charge in [0.2, 0.25) is 0 Å². The average molecular weight is 1230 g/mol. The molecule has 0 saturated carbocycles. The van der Waals surface area contributed by atoms with Crippen molar-refractivity contribution >= 4 is 17.9 Å². The normalized spacial score (nSPS) is 12.5. The fourth-order valence-electron chi connectivity index (χ4n) is 12.4. The van der Waals surface area contributed by atoms with Crippen LogP contribution in [0.4, 0.5) is 0 Å². The van der Waals surface area contributed by atoms with Gasteiger partial charge in [0, 0.05) is 12.8 Å². The number of rotatable bonds is 75. The van der Waals surface area contributed by atoms with Crippen molar-refractivity contribution in [3.63, 3.8) is 0 Å². The molecule has 0 aliphatic heterocycles. The first-order valence-corrected chi connectivity index (χ1v) is 39.2. The van der Waals surface area contributed by atoms with Crippen molar-refractivity contribution in [1.82, 2.24) is 0 Å². The monoisotopic (exact) mass is 1230 g/mol. The van der Waals surface area contributed by atoms with Crippen molar-refractivity contribution in [3.05, 3.63) is 0 Å². The van der Waals surface area contributed by atoms with Gasteiger partial charge >= 0.3 is 11.9 Å². The summed E-state index contributed by atoms with van der Waals surface area (Å²) in [6.45, 7) is 4.86. The molecule has 2 unspecified atom stereocenters. The number of carbonyl (C=O) groups excluding carboxylic acids is 3. The summed E-state index contributed by atoms with van der Waals surface area (Å²) in [5.41, 5.74) is 0. The number of nitrogens with zero attached hydrogens (tertiary/aromatic N) is 1. The Bertz CT molecular complexity index is 1390. The van der Waals surface area contributed by atoms with E-state index in [9.17, 15) is 19.5 Å². The van der Waals surface area contributed by atoms with Gasteiger partial charge in [-0.25, -0.2) is 0 Å². The molecule has 87 heavy (non-hydrogen) atoms. The Morgan fingerprint density at radius 2 is 0.517 bits per heavy atom. The number of likely N-dealkylation sites (N-methyl/N-ethyl adjacent to an activating group) is 1. The fraction of sp³-hybridized carbons (Fsp3) is 0.962. The number of quaternary nitrogens is 1. The van der Waals surface area contributed by atoms with Crippen LogP contribution in [0.1, 0.15) is 425 Å². The van der Waals surface area contributed by atoms with Crippen LogP contribution in [0, 0.1) is 0 Å². The second-order valence-electron chi connectivity index (χ2n) is 28.4. The third kappa shape index (κ3) is 71.6. The molecule has 9 nitrogen and oxygen atoms in total. The van der Waals surface area contributed by atoms with Gasteiger partial charge in [-0.1, -0.05) is 399 Å². The third-order valence-corrected chi connectivity index (χ3v) is 18.4. The summed E-state index contributed by atoms with van der Waals surface area (Å²) in [7, 11) is 5.96. The Morgan fingerprint density at radius 3 is 0.736 bits per heavy atom. The van der Waals surface area contributed by atoms with Crippen molar-refractivity contribution in [2.45, 2.75) is 437 Å². The fourth-order valence-corrected chi connectivity index (χ4v) is 12.4. The standard InChI is InChI=1S/C78H153NO8/c1-6-8-10-12-14-16-18-20-22-24-26-28-30-32-34-36-38-40-42-44-46-48-50-52-54-56-58-60-62-64-66-68-75(80)85-72-74(73-86-78(77(82)83)84-71-70-79(3,4)5)87-76(81)69-67-65-63-61-59-57-55-53-51-49-47-45-43-41-39-37-35-33-31-29-27-25-23-21-19-17-15-13-11-9-7-2/h74,78H,6-73H2,1-5H3. The molecule has 518 valence electrons. The minimum atomic E-state index is -1.62. The number of aliphatic carboxylic acids is 1. The average Bonchev–Trinajstić information content (AvgIpc) is 3.51. The molecule has 0 aliphatic carbocycles. The molecule has 0 N–H and O–H groups in total. The third-order valence-electron chi connectivity index (χ3n) is 18.4. The topological polar surface area (TPSA) is 111 Å². The molecule has 0 rings (SSSR count). The van der Waals surface area contributed by atoms with Crippen LogP contribution in [0.15, 0.2) is 0 Å². The minimum Gasteiger partial charge on any atom is -0.545 e. The molecule has 0 bridgehead atoms. The van der Waals surface area contributed by atoms with Crippen molar-refractivity contribution in [3.8, 4) is 0 Å². The molecule has 0 amide bonds. The summed E-state index contributed by atoms with van der Waals surface area (Å²) in [4.78, 5) is 37.6. The van der Waals surface area contributed by atoms with E-state index in [1.165, 1.54) is 360 Å². The first-order valence-electron chi connectivity index (χ1n) is 39.2. The SMILES string of the molecule is CCCCCCCCCCCCCCCCCCCCCCCCCCCCCCCCCC(=O)OCC(COC(OCC[N+](C)(C)C)C(=O)[O-])OC(=O)CCCCCCCCCCCCCCCCCCCCCCCCCCCCCCCCC. The van der Waals surface area contributed by atoms with E-state index in [1.807, 2.05) is 21.1 Å². The summed E-state index contributed by atoms with van der Waals surface area (Å²) < 4.78 is 22.9. The van der Waals surface area contributed by atoms with E-state index in [1.54, 1.807) is 0 Å². The van der Waals surface area contributed by atoms with E-state index in [-0.39, 0.29) is 32.2 Å². The number of esters is 2. The van der Waals surface area contributed by atoms with Gasteiger partial charge in [0.1, 0.15) is 13.2 Å². The zero-order chi connectivity index (χ0) is 63.3. The van der Waals surface area contributed by atoms with Gasteiger partial charge in [-0.05, 0) is 12.8 Å². The van der Waals surface area contributed by atoms with E-state index in [0.717, 1.165) is 38.5 Å². The predicted molar refractivity (Wildman–Crippen MR) is 371 cm³/mol. The Kier molecular flexibility index (Phi) is 68.8. The summed E-state index contributed by atoms with van der Waals surface area (Å²) in [6, 6.07) is 0. The number of carboxylic acids is 1. The van der Waals surface area contributed by atoms with E-state index < -0.39 is 24.3 Å². The number of hydrogen-bond acceptors (Lipinski definition) is 8. The van der Waals surface area contributed by atoms with Crippen LogP contribution in [-0.2, 0) is 33.3 Å². The molecule has 9 heteroatoms. The maximum atomic E-state index is 13.0. The molecule has 0 aromatic carbocycles.